The molecule has 1 fully saturated rings. The van der Waals surface area contributed by atoms with Crippen LogP contribution in [-0.2, 0) is 18.4 Å². The molecule has 0 aromatic carbocycles. The minimum atomic E-state index is 0.215. The molecular formula is C12H20N4O. The Kier molecular flexibility index (Phi) is 4.14. The maximum absolute atomic E-state index is 11.9. The first kappa shape index (κ1) is 12.1. The summed E-state index contributed by atoms with van der Waals surface area (Å²) in [6.45, 7) is 2.96. The van der Waals surface area contributed by atoms with E-state index in [2.05, 4.69) is 10.3 Å². The van der Waals surface area contributed by atoms with Crippen molar-refractivity contribution in [3.05, 3.63) is 18.2 Å². The number of nitrogens with zero attached hydrogens (tertiary/aromatic N) is 3. The summed E-state index contributed by atoms with van der Waals surface area (Å²) in [5.41, 5.74) is 1.09. The van der Waals surface area contributed by atoms with Gasteiger partial charge in [0.15, 0.2) is 0 Å². The van der Waals surface area contributed by atoms with Crippen LogP contribution in [0.15, 0.2) is 12.5 Å². The van der Waals surface area contributed by atoms with Crippen molar-refractivity contribution in [2.75, 3.05) is 19.6 Å². The highest BCUT2D eigenvalue weighted by molar-refractivity contribution is 5.78. The minimum Gasteiger partial charge on any atom is -0.342 e. The summed E-state index contributed by atoms with van der Waals surface area (Å²) in [6.07, 6.45) is 7.13. The number of carbonyl (C=O) groups excluding carboxylic acids is 1. The van der Waals surface area contributed by atoms with Gasteiger partial charge in [-0.15, -0.1) is 0 Å². The summed E-state index contributed by atoms with van der Waals surface area (Å²) in [7, 11) is 1.95. The Hall–Kier alpha value is -1.36. The maximum Gasteiger partial charge on any atom is 0.236 e. The number of rotatable bonds is 4. The molecule has 17 heavy (non-hydrogen) atoms. The number of piperidine rings is 1. The molecule has 0 bridgehead atoms. The van der Waals surface area contributed by atoms with Gasteiger partial charge in [0.2, 0.25) is 5.91 Å². The van der Waals surface area contributed by atoms with Crippen LogP contribution in [0, 0.1) is 0 Å². The van der Waals surface area contributed by atoms with Gasteiger partial charge in [0.05, 0.1) is 18.6 Å². The van der Waals surface area contributed by atoms with Crippen LogP contribution in [-0.4, -0.2) is 40.0 Å². The quantitative estimate of drug-likeness (QED) is 0.829. The predicted octanol–water partition coefficient (Wildman–Crippen LogP) is 0.522. The maximum atomic E-state index is 11.9. The molecule has 0 spiro atoms. The first-order valence-corrected chi connectivity index (χ1v) is 6.21. The summed E-state index contributed by atoms with van der Waals surface area (Å²) >= 11 is 0. The van der Waals surface area contributed by atoms with E-state index in [1.807, 2.05) is 22.7 Å². The fraction of sp³-hybridized carbons (Fsp3) is 0.667. The second-order valence-corrected chi connectivity index (χ2v) is 4.54. The molecule has 0 aliphatic carbocycles. The molecule has 2 heterocycles. The normalized spacial score (nSPS) is 16.2. The third kappa shape index (κ3) is 3.30. The number of carbonyl (C=O) groups is 1. The van der Waals surface area contributed by atoms with E-state index >= 15 is 0 Å². The largest absolute Gasteiger partial charge is 0.342 e. The molecule has 0 unspecified atom stereocenters. The first-order valence-electron chi connectivity index (χ1n) is 6.21. The van der Waals surface area contributed by atoms with E-state index in [1.165, 1.54) is 6.42 Å². The highest BCUT2D eigenvalue weighted by atomic mass is 16.2. The Bertz CT molecular complexity index is 368. The van der Waals surface area contributed by atoms with Gasteiger partial charge in [0.25, 0.3) is 0 Å². The Morgan fingerprint density at radius 2 is 2.18 bits per heavy atom. The van der Waals surface area contributed by atoms with E-state index < -0.39 is 0 Å². The van der Waals surface area contributed by atoms with Crippen LogP contribution in [0.25, 0.3) is 0 Å². The van der Waals surface area contributed by atoms with E-state index in [-0.39, 0.29) is 5.91 Å². The second kappa shape index (κ2) is 5.82. The number of aryl methyl sites for hydroxylation is 1. The fourth-order valence-corrected chi connectivity index (χ4v) is 2.11. The summed E-state index contributed by atoms with van der Waals surface area (Å²) < 4.78 is 1.96. The van der Waals surface area contributed by atoms with Crippen molar-refractivity contribution in [3.63, 3.8) is 0 Å². The van der Waals surface area contributed by atoms with Crippen molar-refractivity contribution in [1.82, 2.24) is 19.8 Å². The van der Waals surface area contributed by atoms with E-state index in [9.17, 15) is 4.79 Å². The molecule has 2 rings (SSSR count). The van der Waals surface area contributed by atoms with E-state index in [0.717, 1.165) is 31.6 Å². The number of aromatic nitrogens is 2. The first-order chi connectivity index (χ1) is 8.27. The lowest BCUT2D eigenvalue weighted by atomic mass is 10.1. The number of amides is 1. The summed E-state index contributed by atoms with van der Waals surface area (Å²) in [5.74, 6) is 0.215. The molecule has 1 aromatic heterocycles. The third-order valence-electron chi connectivity index (χ3n) is 3.21. The molecule has 0 radical (unpaired) electrons. The van der Waals surface area contributed by atoms with Gasteiger partial charge in [0, 0.05) is 32.9 Å². The molecule has 1 amide bonds. The topological polar surface area (TPSA) is 50.2 Å². The zero-order chi connectivity index (χ0) is 12.1. The standard InChI is InChI=1S/C12H20N4O/c1-15-10-14-8-11(15)7-13-9-12(17)16-5-3-2-4-6-16/h8,10,13H,2-7,9H2,1H3. The number of hydrogen-bond donors (Lipinski definition) is 1. The lowest BCUT2D eigenvalue weighted by Crippen LogP contribution is -2.41. The Morgan fingerprint density at radius 3 is 2.82 bits per heavy atom. The number of hydrogen-bond acceptors (Lipinski definition) is 3. The zero-order valence-electron chi connectivity index (χ0n) is 10.4. The van der Waals surface area contributed by atoms with Gasteiger partial charge in [-0.2, -0.15) is 0 Å². The average molecular weight is 236 g/mol. The van der Waals surface area contributed by atoms with Crippen molar-refractivity contribution < 1.29 is 4.79 Å². The van der Waals surface area contributed by atoms with Crippen molar-refractivity contribution in [3.8, 4) is 0 Å². The second-order valence-electron chi connectivity index (χ2n) is 4.54. The highest BCUT2D eigenvalue weighted by Gasteiger charge is 2.15. The predicted molar refractivity (Wildman–Crippen MR) is 65.3 cm³/mol. The van der Waals surface area contributed by atoms with Gasteiger partial charge in [-0.1, -0.05) is 0 Å². The summed E-state index contributed by atoms with van der Waals surface area (Å²) in [5, 5.41) is 3.17. The van der Waals surface area contributed by atoms with Crippen molar-refractivity contribution in [2.45, 2.75) is 25.8 Å². The zero-order valence-corrected chi connectivity index (χ0v) is 10.4. The molecule has 1 aliphatic heterocycles. The van der Waals surface area contributed by atoms with Crippen molar-refractivity contribution >= 4 is 5.91 Å². The monoisotopic (exact) mass is 236 g/mol. The molecular weight excluding hydrogens is 216 g/mol. The molecule has 5 nitrogen and oxygen atoms in total. The number of nitrogens with one attached hydrogen (secondary N) is 1. The third-order valence-corrected chi connectivity index (χ3v) is 3.21. The van der Waals surface area contributed by atoms with Gasteiger partial charge in [-0.05, 0) is 19.3 Å². The number of likely N-dealkylation sites (tertiary alicyclic amines) is 1. The smallest absolute Gasteiger partial charge is 0.236 e. The van der Waals surface area contributed by atoms with Crippen LogP contribution in [0.1, 0.15) is 25.0 Å². The van der Waals surface area contributed by atoms with E-state index in [1.54, 1.807) is 6.33 Å². The van der Waals surface area contributed by atoms with Gasteiger partial charge in [0.1, 0.15) is 0 Å². The lowest BCUT2D eigenvalue weighted by molar-refractivity contribution is -0.131. The van der Waals surface area contributed by atoms with Crippen LogP contribution in [0.2, 0.25) is 0 Å². The van der Waals surface area contributed by atoms with Crippen LogP contribution in [0.4, 0.5) is 0 Å². The Morgan fingerprint density at radius 1 is 1.41 bits per heavy atom. The van der Waals surface area contributed by atoms with E-state index in [4.69, 9.17) is 0 Å². The van der Waals surface area contributed by atoms with Gasteiger partial charge >= 0.3 is 0 Å². The molecule has 94 valence electrons. The minimum absolute atomic E-state index is 0.215. The van der Waals surface area contributed by atoms with Crippen LogP contribution in [0.3, 0.4) is 0 Å². The average Bonchev–Trinajstić information content (AvgIpc) is 2.76. The van der Waals surface area contributed by atoms with Gasteiger partial charge in [-0.25, -0.2) is 4.98 Å². The molecule has 5 heteroatoms. The molecule has 1 aliphatic rings. The highest BCUT2D eigenvalue weighted by Crippen LogP contribution is 2.08. The van der Waals surface area contributed by atoms with E-state index in [0.29, 0.717) is 13.1 Å². The van der Waals surface area contributed by atoms with Crippen LogP contribution >= 0.6 is 0 Å². The molecule has 0 saturated carbocycles. The van der Waals surface area contributed by atoms with Crippen molar-refractivity contribution in [2.24, 2.45) is 7.05 Å². The molecule has 1 saturated heterocycles. The summed E-state index contributed by atoms with van der Waals surface area (Å²) in [6, 6.07) is 0. The number of imidazole rings is 1. The van der Waals surface area contributed by atoms with Crippen LogP contribution < -0.4 is 5.32 Å². The Balaban J connectivity index is 1.71. The van der Waals surface area contributed by atoms with Gasteiger partial charge < -0.3 is 14.8 Å². The summed E-state index contributed by atoms with van der Waals surface area (Å²) in [4.78, 5) is 17.8. The van der Waals surface area contributed by atoms with Crippen LogP contribution in [0.5, 0.6) is 0 Å². The SMILES string of the molecule is Cn1cncc1CNCC(=O)N1CCCCC1. The molecule has 1 aromatic rings. The van der Waals surface area contributed by atoms with Gasteiger partial charge in [-0.3, -0.25) is 4.79 Å². The Labute approximate surface area is 102 Å². The van der Waals surface area contributed by atoms with Crippen molar-refractivity contribution in [1.29, 1.82) is 0 Å². The molecule has 1 N–H and O–H groups in total. The molecule has 0 atom stereocenters. The fourth-order valence-electron chi connectivity index (χ4n) is 2.11. The lowest BCUT2D eigenvalue weighted by Gasteiger charge is -2.26.